The summed E-state index contributed by atoms with van der Waals surface area (Å²) in [6.45, 7) is 5.54. The van der Waals surface area contributed by atoms with Gasteiger partial charge in [0.1, 0.15) is 0 Å². The van der Waals surface area contributed by atoms with Gasteiger partial charge in [-0.05, 0) is 42.7 Å². The van der Waals surface area contributed by atoms with Crippen molar-refractivity contribution in [2.45, 2.75) is 52.0 Å². The third-order valence-corrected chi connectivity index (χ3v) is 5.66. The number of halogens is 1. The summed E-state index contributed by atoms with van der Waals surface area (Å²) in [5, 5.41) is 6.73. The van der Waals surface area contributed by atoms with Crippen molar-refractivity contribution in [3.63, 3.8) is 0 Å². The predicted molar refractivity (Wildman–Crippen MR) is 81.5 cm³/mol. The first kappa shape index (κ1) is 14.4. The van der Waals surface area contributed by atoms with Crippen LogP contribution in [0.1, 0.15) is 56.9 Å². The Kier molecular flexibility index (Phi) is 5.53. The minimum absolute atomic E-state index is 0.469. The summed E-state index contributed by atoms with van der Waals surface area (Å²) >= 11 is 8.14. The quantitative estimate of drug-likeness (QED) is 0.777. The molecule has 3 atom stereocenters. The highest BCUT2D eigenvalue weighted by Gasteiger charge is 2.30. The summed E-state index contributed by atoms with van der Waals surface area (Å²) in [6, 6.07) is 2.50. The zero-order valence-electron chi connectivity index (χ0n) is 11.4. The van der Waals surface area contributed by atoms with Crippen molar-refractivity contribution in [1.82, 2.24) is 5.32 Å². The van der Waals surface area contributed by atoms with Gasteiger partial charge in [0.25, 0.3) is 0 Å². The highest BCUT2D eigenvalue weighted by molar-refractivity contribution is 7.10. The Morgan fingerprint density at radius 3 is 2.89 bits per heavy atom. The summed E-state index contributed by atoms with van der Waals surface area (Å²) in [7, 11) is 0. The SMILES string of the molecule is CCNC(c1sccc1Cl)C1CCCC(CC)C1. The largest absolute Gasteiger partial charge is 0.309 e. The monoisotopic (exact) mass is 285 g/mol. The molecule has 1 saturated carbocycles. The molecule has 1 heterocycles. The Morgan fingerprint density at radius 1 is 1.44 bits per heavy atom. The second kappa shape index (κ2) is 6.93. The van der Waals surface area contributed by atoms with E-state index in [2.05, 4.69) is 24.5 Å². The van der Waals surface area contributed by atoms with E-state index in [-0.39, 0.29) is 0 Å². The molecule has 1 aromatic rings. The van der Waals surface area contributed by atoms with Crippen molar-refractivity contribution < 1.29 is 0 Å². The molecule has 1 N–H and O–H groups in total. The van der Waals surface area contributed by atoms with E-state index in [9.17, 15) is 0 Å². The summed E-state index contributed by atoms with van der Waals surface area (Å²) in [6.07, 6.45) is 6.84. The summed E-state index contributed by atoms with van der Waals surface area (Å²) in [4.78, 5) is 1.35. The van der Waals surface area contributed by atoms with Crippen LogP contribution in [0.25, 0.3) is 0 Å². The van der Waals surface area contributed by atoms with Crippen LogP contribution >= 0.6 is 22.9 Å². The molecule has 3 unspecified atom stereocenters. The number of hydrogen-bond acceptors (Lipinski definition) is 2. The van der Waals surface area contributed by atoms with E-state index in [4.69, 9.17) is 11.6 Å². The Bertz CT molecular complexity index is 363. The highest BCUT2D eigenvalue weighted by atomic mass is 35.5. The van der Waals surface area contributed by atoms with Crippen molar-refractivity contribution in [3.8, 4) is 0 Å². The summed E-state index contributed by atoms with van der Waals surface area (Å²) in [5.74, 6) is 1.68. The maximum atomic E-state index is 6.33. The molecule has 0 saturated heterocycles. The molecule has 0 bridgehead atoms. The third kappa shape index (κ3) is 3.28. The minimum atomic E-state index is 0.469. The average Bonchev–Trinajstić information content (AvgIpc) is 2.82. The molecule has 0 amide bonds. The van der Waals surface area contributed by atoms with Crippen LogP contribution in [0, 0.1) is 11.8 Å². The van der Waals surface area contributed by atoms with E-state index < -0.39 is 0 Å². The molecule has 1 nitrogen and oxygen atoms in total. The van der Waals surface area contributed by atoms with E-state index >= 15 is 0 Å². The van der Waals surface area contributed by atoms with Crippen molar-refractivity contribution in [3.05, 3.63) is 21.3 Å². The van der Waals surface area contributed by atoms with E-state index in [0.29, 0.717) is 6.04 Å². The van der Waals surface area contributed by atoms with Gasteiger partial charge in [0, 0.05) is 10.9 Å². The molecule has 1 fully saturated rings. The molecule has 0 aromatic carbocycles. The van der Waals surface area contributed by atoms with Crippen molar-refractivity contribution >= 4 is 22.9 Å². The maximum Gasteiger partial charge on any atom is 0.0561 e. The molecular weight excluding hydrogens is 262 g/mol. The lowest BCUT2D eigenvalue weighted by atomic mass is 9.76. The van der Waals surface area contributed by atoms with Crippen LogP contribution in [-0.2, 0) is 0 Å². The Labute approximate surface area is 120 Å². The van der Waals surface area contributed by atoms with Gasteiger partial charge in [0.2, 0.25) is 0 Å². The maximum absolute atomic E-state index is 6.33. The fourth-order valence-electron chi connectivity index (χ4n) is 3.23. The van der Waals surface area contributed by atoms with Gasteiger partial charge in [-0.15, -0.1) is 11.3 Å². The number of thiophene rings is 1. The zero-order chi connectivity index (χ0) is 13.0. The first-order valence-corrected chi connectivity index (χ1v) is 8.48. The van der Waals surface area contributed by atoms with Gasteiger partial charge in [0.15, 0.2) is 0 Å². The molecule has 1 aliphatic carbocycles. The van der Waals surface area contributed by atoms with Gasteiger partial charge >= 0.3 is 0 Å². The van der Waals surface area contributed by atoms with Crippen LogP contribution < -0.4 is 5.32 Å². The van der Waals surface area contributed by atoms with Crippen molar-refractivity contribution in [2.75, 3.05) is 6.54 Å². The van der Waals surface area contributed by atoms with Crippen LogP contribution in [0.4, 0.5) is 0 Å². The molecule has 2 rings (SSSR count). The smallest absolute Gasteiger partial charge is 0.0561 e. The topological polar surface area (TPSA) is 12.0 Å². The summed E-state index contributed by atoms with van der Waals surface area (Å²) < 4.78 is 0. The average molecular weight is 286 g/mol. The normalized spacial score (nSPS) is 26.2. The Balaban J connectivity index is 2.12. The molecule has 3 heteroatoms. The standard InChI is InChI=1S/C15H24ClNS/c1-3-11-6-5-7-12(10-11)14(17-4-2)15-13(16)8-9-18-15/h8-9,11-12,14,17H,3-7,10H2,1-2H3. The molecule has 1 aliphatic rings. The molecule has 0 radical (unpaired) electrons. The van der Waals surface area contributed by atoms with Gasteiger partial charge in [-0.2, -0.15) is 0 Å². The summed E-state index contributed by atoms with van der Waals surface area (Å²) in [5.41, 5.74) is 0. The Hall–Kier alpha value is -0.0500. The number of rotatable bonds is 5. The van der Waals surface area contributed by atoms with E-state index in [1.165, 1.54) is 37.0 Å². The van der Waals surface area contributed by atoms with Crippen LogP contribution in [0.15, 0.2) is 11.4 Å². The van der Waals surface area contributed by atoms with Gasteiger partial charge in [0.05, 0.1) is 5.02 Å². The highest BCUT2D eigenvalue weighted by Crippen LogP contribution is 2.41. The van der Waals surface area contributed by atoms with Gasteiger partial charge in [-0.25, -0.2) is 0 Å². The third-order valence-electron chi connectivity index (χ3n) is 4.22. The Morgan fingerprint density at radius 2 is 2.28 bits per heavy atom. The molecular formula is C15H24ClNS. The van der Waals surface area contributed by atoms with Crippen molar-refractivity contribution in [2.24, 2.45) is 11.8 Å². The lowest BCUT2D eigenvalue weighted by molar-refractivity contribution is 0.212. The lowest BCUT2D eigenvalue weighted by Gasteiger charge is -2.34. The first-order valence-electron chi connectivity index (χ1n) is 7.22. The van der Waals surface area contributed by atoms with E-state index in [0.717, 1.165) is 23.4 Å². The second-order valence-electron chi connectivity index (χ2n) is 5.37. The van der Waals surface area contributed by atoms with Crippen LogP contribution in [-0.4, -0.2) is 6.54 Å². The number of nitrogens with one attached hydrogen (secondary N) is 1. The zero-order valence-corrected chi connectivity index (χ0v) is 13.0. The minimum Gasteiger partial charge on any atom is -0.309 e. The fraction of sp³-hybridized carbons (Fsp3) is 0.733. The molecule has 0 aliphatic heterocycles. The second-order valence-corrected chi connectivity index (χ2v) is 6.72. The molecule has 18 heavy (non-hydrogen) atoms. The van der Waals surface area contributed by atoms with Crippen molar-refractivity contribution in [1.29, 1.82) is 0 Å². The molecule has 0 spiro atoms. The first-order chi connectivity index (χ1) is 8.76. The van der Waals surface area contributed by atoms with Crippen LogP contribution in [0.5, 0.6) is 0 Å². The van der Waals surface area contributed by atoms with Crippen LogP contribution in [0.3, 0.4) is 0 Å². The van der Waals surface area contributed by atoms with Gasteiger partial charge < -0.3 is 5.32 Å². The molecule has 1 aromatic heterocycles. The van der Waals surface area contributed by atoms with E-state index in [1.54, 1.807) is 11.3 Å². The predicted octanol–water partition coefficient (Wildman–Crippen LogP) is 5.27. The van der Waals surface area contributed by atoms with Crippen LogP contribution in [0.2, 0.25) is 5.02 Å². The number of hydrogen-bond donors (Lipinski definition) is 1. The molecule has 102 valence electrons. The van der Waals surface area contributed by atoms with E-state index in [1.807, 2.05) is 6.07 Å². The van der Waals surface area contributed by atoms with Gasteiger partial charge in [-0.3, -0.25) is 0 Å². The lowest BCUT2D eigenvalue weighted by Crippen LogP contribution is -2.31. The van der Waals surface area contributed by atoms with Gasteiger partial charge in [-0.1, -0.05) is 44.7 Å². The fourth-order valence-corrected chi connectivity index (χ4v) is 4.57.